The minimum atomic E-state index is 0.227. The highest BCUT2D eigenvalue weighted by atomic mass is 79.9. The van der Waals surface area contributed by atoms with Crippen molar-refractivity contribution in [2.45, 2.75) is 32.0 Å². The molecule has 2 aromatic rings. The minimum absolute atomic E-state index is 0.227. The molecule has 20 heavy (non-hydrogen) atoms. The van der Waals surface area contributed by atoms with Gasteiger partial charge in [-0.3, -0.25) is 0 Å². The van der Waals surface area contributed by atoms with E-state index < -0.39 is 0 Å². The molecule has 1 unspecified atom stereocenters. The van der Waals surface area contributed by atoms with Gasteiger partial charge < -0.3 is 0 Å². The summed E-state index contributed by atoms with van der Waals surface area (Å²) in [6, 6.07) is 15.3. The number of hydrogen-bond acceptors (Lipinski definition) is 0. The first-order valence-corrected chi connectivity index (χ1v) is 8.68. The fourth-order valence-corrected chi connectivity index (χ4v) is 3.83. The minimum Gasteiger partial charge on any atom is -0.0786 e. The van der Waals surface area contributed by atoms with Crippen LogP contribution in [0.3, 0.4) is 0 Å². The van der Waals surface area contributed by atoms with E-state index in [4.69, 9.17) is 0 Å². The first kappa shape index (κ1) is 15.8. The molecule has 2 heteroatoms. The SMILES string of the molecule is Cc1cccc(C(Br)c2ccc(CC(C)C)cc2)c1Br. The normalized spacial score (nSPS) is 12.7. The van der Waals surface area contributed by atoms with E-state index >= 15 is 0 Å². The topological polar surface area (TPSA) is 0 Å². The molecule has 0 aliphatic carbocycles. The quantitative estimate of drug-likeness (QED) is 0.522. The molecular weight excluding hydrogens is 376 g/mol. The zero-order valence-corrected chi connectivity index (χ0v) is 15.3. The molecule has 0 N–H and O–H groups in total. The van der Waals surface area contributed by atoms with Gasteiger partial charge in [0.25, 0.3) is 0 Å². The van der Waals surface area contributed by atoms with Gasteiger partial charge in [0, 0.05) is 4.47 Å². The Balaban J connectivity index is 2.25. The van der Waals surface area contributed by atoms with Crippen LogP contribution in [0.2, 0.25) is 0 Å². The Bertz CT molecular complexity index is 570. The van der Waals surface area contributed by atoms with Crippen LogP contribution in [-0.4, -0.2) is 0 Å². The largest absolute Gasteiger partial charge is 0.0786 e. The predicted octanol–water partition coefficient (Wildman–Crippen LogP) is 6.44. The van der Waals surface area contributed by atoms with E-state index in [1.54, 1.807) is 0 Å². The van der Waals surface area contributed by atoms with Crippen LogP contribution in [0.1, 0.15) is 40.9 Å². The number of halogens is 2. The van der Waals surface area contributed by atoms with Gasteiger partial charge >= 0.3 is 0 Å². The Morgan fingerprint density at radius 1 is 1.00 bits per heavy atom. The van der Waals surface area contributed by atoms with E-state index in [0.717, 1.165) is 6.42 Å². The summed E-state index contributed by atoms with van der Waals surface area (Å²) in [6.07, 6.45) is 1.14. The number of rotatable bonds is 4. The standard InChI is InChI=1S/C18H20Br2/c1-12(2)11-14-7-9-15(10-8-14)18(20)16-6-4-5-13(3)17(16)19/h4-10,12,18H,11H2,1-3H3. The number of aryl methyl sites for hydroxylation is 1. The van der Waals surface area contributed by atoms with Gasteiger partial charge in [-0.25, -0.2) is 0 Å². The first-order valence-electron chi connectivity index (χ1n) is 6.97. The van der Waals surface area contributed by atoms with Gasteiger partial charge in [0.05, 0.1) is 4.83 Å². The van der Waals surface area contributed by atoms with E-state index in [0.29, 0.717) is 5.92 Å². The van der Waals surface area contributed by atoms with Crippen LogP contribution in [0.4, 0.5) is 0 Å². The fourth-order valence-electron chi connectivity index (χ4n) is 2.34. The predicted molar refractivity (Wildman–Crippen MR) is 94.6 cm³/mol. The Hall–Kier alpha value is -0.600. The monoisotopic (exact) mass is 394 g/mol. The van der Waals surface area contributed by atoms with Crippen LogP contribution in [0.25, 0.3) is 0 Å². The van der Waals surface area contributed by atoms with Crippen molar-refractivity contribution in [3.8, 4) is 0 Å². The summed E-state index contributed by atoms with van der Waals surface area (Å²) < 4.78 is 1.19. The Kier molecular flexibility index (Phi) is 5.45. The summed E-state index contributed by atoms with van der Waals surface area (Å²) in [5.74, 6) is 0.700. The fraction of sp³-hybridized carbons (Fsp3) is 0.333. The second kappa shape index (κ2) is 6.91. The third-order valence-electron chi connectivity index (χ3n) is 3.41. The summed E-state index contributed by atoms with van der Waals surface area (Å²) >= 11 is 7.52. The molecule has 0 nitrogen and oxygen atoms in total. The highest BCUT2D eigenvalue weighted by Gasteiger charge is 2.14. The molecule has 0 aromatic heterocycles. The van der Waals surface area contributed by atoms with Crippen LogP contribution >= 0.6 is 31.9 Å². The summed E-state index contributed by atoms with van der Waals surface area (Å²) in [5, 5.41) is 0. The average molecular weight is 396 g/mol. The molecule has 2 aromatic carbocycles. The molecule has 0 aliphatic rings. The second-order valence-electron chi connectivity index (χ2n) is 5.68. The third-order valence-corrected chi connectivity index (χ3v) is 5.52. The Morgan fingerprint density at radius 2 is 1.65 bits per heavy atom. The highest BCUT2D eigenvalue weighted by Crippen LogP contribution is 2.36. The summed E-state index contributed by atoms with van der Waals surface area (Å²) in [5.41, 5.74) is 5.25. The summed E-state index contributed by atoms with van der Waals surface area (Å²) in [6.45, 7) is 6.63. The van der Waals surface area contributed by atoms with Crippen LogP contribution in [0.5, 0.6) is 0 Å². The van der Waals surface area contributed by atoms with Gasteiger partial charge in [0.1, 0.15) is 0 Å². The van der Waals surface area contributed by atoms with Crippen molar-refractivity contribution in [2.24, 2.45) is 5.92 Å². The van der Waals surface area contributed by atoms with Crippen LogP contribution in [-0.2, 0) is 6.42 Å². The van der Waals surface area contributed by atoms with Gasteiger partial charge in [-0.1, -0.05) is 88.2 Å². The lowest BCUT2D eigenvalue weighted by atomic mass is 9.98. The van der Waals surface area contributed by atoms with E-state index in [9.17, 15) is 0 Å². The van der Waals surface area contributed by atoms with E-state index in [-0.39, 0.29) is 4.83 Å². The van der Waals surface area contributed by atoms with Crippen molar-refractivity contribution < 1.29 is 0 Å². The average Bonchev–Trinajstić information content (AvgIpc) is 2.41. The van der Waals surface area contributed by atoms with Crippen LogP contribution < -0.4 is 0 Å². The molecule has 0 fully saturated rings. The molecular formula is C18H20Br2. The van der Waals surface area contributed by atoms with Crippen LogP contribution in [0.15, 0.2) is 46.9 Å². The van der Waals surface area contributed by atoms with Gasteiger partial charge in [-0.05, 0) is 41.5 Å². The molecule has 0 spiro atoms. The highest BCUT2D eigenvalue weighted by molar-refractivity contribution is 9.11. The molecule has 0 saturated carbocycles. The number of hydrogen-bond donors (Lipinski definition) is 0. The maximum atomic E-state index is 3.82. The smallest absolute Gasteiger partial charge is 0.0655 e. The zero-order chi connectivity index (χ0) is 14.7. The van der Waals surface area contributed by atoms with Gasteiger partial charge in [0.15, 0.2) is 0 Å². The molecule has 0 saturated heterocycles. The molecule has 2 rings (SSSR count). The number of benzene rings is 2. The lowest BCUT2D eigenvalue weighted by molar-refractivity contribution is 0.647. The Labute approximate surface area is 138 Å². The molecule has 0 aliphatic heterocycles. The molecule has 106 valence electrons. The maximum Gasteiger partial charge on any atom is 0.0655 e. The first-order chi connectivity index (χ1) is 9.49. The molecule has 0 radical (unpaired) electrons. The van der Waals surface area contributed by atoms with Crippen molar-refractivity contribution >= 4 is 31.9 Å². The van der Waals surface area contributed by atoms with Crippen molar-refractivity contribution in [1.29, 1.82) is 0 Å². The van der Waals surface area contributed by atoms with E-state index in [1.807, 2.05) is 0 Å². The van der Waals surface area contributed by atoms with Crippen molar-refractivity contribution in [3.05, 3.63) is 69.2 Å². The molecule has 0 heterocycles. The lowest BCUT2D eigenvalue weighted by Crippen LogP contribution is -1.97. The van der Waals surface area contributed by atoms with Crippen molar-refractivity contribution in [2.75, 3.05) is 0 Å². The summed E-state index contributed by atoms with van der Waals surface area (Å²) in [7, 11) is 0. The molecule has 0 bridgehead atoms. The van der Waals surface area contributed by atoms with Gasteiger partial charge in [0.2, 0.25) is 0 Å². The van der Waals surface area contributed by atoms with Crippen LogP contribution in [0, 0.1) is 12.8 Å². The van der Waals surface area contributed by atoms with E-state index in [2.05, 4.69) is 95.1 Å². The van der Waals surface area contributed by atoms with Gasteiger partial charge in [-0.2, -0.15) is 0 Å². The van der Waals surface area contributed by atoms with Gasteiger partial charge in [-0.15, -0.1) is 0 Å². The second-order valence-corrected chi connectivity index (χ2v) is 7.39. The zero-order valence-electron chi connectivity index (χ0n) is 12.2. The molecule has 0 amide bonds. The lowest BCUT2D eigenvalue weighted by Gasteiger charge is -2.15. The maximum absolute atomic E-state index is 3.82. The third kappa shape index (κ3) is 3.73. The summed E-state index contributed by atoms with van der Waals surface area (Å²) in [4.78, 5) is 0.227. The molecule has 1 atom stereocenters. The van der Waals surface area contributed by atoms with E-state index in [1.165, 1.54) is 26.7 Å². The Morgan fingerprint density at radius 3 is 2.25 bits per heavy atom. The van der Waals surface area contributed by atoms with Crippen molar-refractivity contribution in [1.82, 2.24) is 0 Å². The van der Waals surface area contributed by atoms with Crippen molar-refractivity contribution in [3.63, 3.8) is 0 Å². The number of alkyl halides is 1.